The summed E-state index contributed by atoms with van der Waals surface area (Å²) in [5.41, 5.74) is 4.43. The fourth-order valence-electron chi connectivity index (χ4n) is 2.53. The van der Waals surface area contributed by atoms with Crippen LogP contribution in [-0.4, -0.2) is 6.54 Å². The van der Waals surface area contributed by atoms with E-state index in [9.17, 15) is 0 Å². The number of hydrogen-bond acceptors (Lipinski definition) is 1. The number of fused-ring (bicyclic) bond motifs is 1. The van der Waals surface area contributed by atoms with Gasteiger partial charge < -0.3 is 5.32 Å². The van der Waals surface area contributed by atoms with Crippen molar-refractivity contribution in [2.24, 2.45) is 5.92 Å². The van der Waals surface area contributed by atoms with Gasteiger partial charge in [0.05, 0.1) is 0 Å². The predicted octanol–water partition coefficient (Wildman–Crippen LogP) is 3.40. The minimum atomic E-state index is 0.538. The zero-order valence-corrected chi connectivity index (χ0v) is 10.2. The summed E-state index contributed by atoms with van der Waals surface area (Å²) >= 11 is 0. The second kappa shape index (κ2) is 3.97. The third-order valence-electron chi connectivity index (χ3n) is 3.42. The largest absolute Gasteiger partial charge is 0.309 e. The van der Waals surface area contributed by atoms with Gasteiger partial charge in [-0.05, 0) is 29.9 Å². The van der Waals surface area contributed by atoms with Gasteiger partial charge in [0.1, 0.15) is 0 Å². The number of benzene rings is 1. The van der Waals surface area contributed by atoms with Gasteiger partial charge in [0.2, 0.25) is 0 Å². The van der Waals surface area contributed by atoms with Gasteiger partial charge in [0, 0.05) is 12.6 Å². The van der Waals surface area contributed by atoms with Crippen molar-refractivity contribution in [2.75, 3.05) is 6.54 Å². The quantitative estimate of drug-likeness (QED) is 0.737. The van der Waals surface area contributed by atoms with Crippen LogP contribution in [0.4, 0.5) is 0 Å². The van der Waals surface area contributed by atoms with Crippen molar-refractivity contribution < 1.29 is 0 Å². The molecule has 1 nitrogen and oxygen atoms in total. The third kappa shape index (κ3) is 1.93. The number of nitrogens with one attached hydrogen (secondary N) is 1. The molecule has 82 valence electrons. The van der Waals surface area contributed by atoms with Gasteiger partial charge in [-0.15, -0.1) is 0 Å². The van der Waals surface area contributed by atoms with Gasteiger partial charge in [-0.2, -0.15) is 0 Å². The van der Waals surface area contributed by atoms with E-state index in [1.54, 1.807) is 0 Å². The lowest BCUT2D eigenvalue weighted by atomic mass is 9.83. The molecular formula is C14H21N. The van der Waals surface area contributed by atoms with Crippen LogP contribution in [0.25, 0.3) is 0 Å². The maximum Gasteiger partial charge on any atom is 0.0346 e. The fourth-order valence-corrected chi connectivity index (χ4v) is 2.53. The number of rotatable bonds is 1. The Labute approximate surface area is 92.9 Å². The molecule has 0 saturated heterocycles. The molecule has 0 fully saturated rings. The Hall–Kier alpha value is -0.820. The smallest absolute Gasteiger partial charge is 0.0346 e. The van der Waals surface area contributed by atoms with Crippen LogP contribution in [0.5, 0.6) is 0 Å². The number of hydrogen-bond donors (Lipinski definition) is 1. The van der Waals surface area contributed by atoms with Gasteiger partial charge in [-0.25, -0.2) is 0 Å². The zero-order chi connectivity index (χ0) is 11.0. The van der Waals surface area contributed by atoms with Gasteiger partial charge in [0.25, 0.3) is 0 Å². The van der Waals surface area contributed by atoms with Crippen LogP contribution in [0, 0.1) is 12.8 Å². The lowest BCUT2D eigenvalue weighted by Gasteiger charge is -2.33. The Morgan fingerprint density at radius 1 is 1.27 bits per heavy atom. The van der Waals surface area contributed by atoms with Gasteiger partial charge in [0.15, 0.2) is 0 Å². The molecule has 1 aromatic rings. The Morgan fingerprint density at radius 2 is 2.00 bits per heavy atom. The van der Waals surface area contributed by atoms with Crippen LogP contribution in [0.2, 0.25) is 0 Å². The molecule has 1 aliphatic heterocycles. The first-order valence-corrected chi connectivity index (χ1v) is 5.93. The Bertz CT molecular complexity index is 354. The van der Waals surface area contributed by atoms with E-state index in [1.807, 2.05) is 0 Å². The van der Waals surface area contributed by atoms with E-state index in [-0.39, 0.29) is 0 Å². The molecule has 0 aromatic heterocycles. The first-order valence-electron chi connectivity index (χ1n) is 5.93. The molecule has 2 atom stereocenters. The molecule has 15 heavy (non-hydrogen) atoms. The van der Waals surface area contributed by atoms with Gasteiger partial charge in [-0.1, -0.05) is 44.5 Å². The maximum absolute atomic E-state index is 3.65. The van der Waals surface area contributed by atoms with Crippen LogP contribution in [0.1, 0.15) is 49.4 Å². The highest BCUT2D eigenvalue weighted by Crippen LogP contribution is 2.34. The molecule has 2 unspecified atom stereocenters. The van der Waals surface area contributed by atoms with E-state index in [0.717, 1.165) is 6.54 Å². The summed E-state index contributed by atoms with van der Waals surface area (Å²) in [5.74, 6) is 1.31. The Kier molecular flexibility index (Phi) is 2.83. The fraction of sp³-hybridized carbons (Fsp3) is 0.571. The minimum absolute atomic E-state index is 0.538. The van der Waals surface area contributed by atoms with Crippen molar-refractivity contribution in [2.45, 2.75) is 39.7 Å². The summed E-state index contributed by atoms with van der Waals surface area (Å²) in [6, 6.07) is 7.43. The van der Waals surface area contributed by atoms with Crippen LogP contribution >= 0.6 is 0 Å². The first-order chi connectivity index (χ1) is 7.09. The van der Waals surface area contributed by atoms with Gasteiger partial charge >= 0.3 is 0 Å². The second-order valence-corrected chi connectivity index (χ2v) is 5.16. The molecule has 0 amide bonds. The molecule has 0 aliphatic carbocycles. The SMILES string of the molecule is Cc1ccc2c(c1)C(C(C)C)NCC2C. The Morgan fingerprint density at radius 3 is 2.67 bits per heavy atom. The lowest BCUT2D eigenvalue weighted by molar-refractivity contribution is 0.376. The number of aryl methyl sites for hydroxylation is 1. The molecule has 0 saturated carbocycles. The molecule has 1 N–H and O–H groups in total. The zero-order valence-electron chi connectivity index (χ0n) is 10.2. The third-order valence-corrected chi connectivity index (χ3v) is 3.42. The predicted molar refractivity (Wildman–Crippen MR) is 65.2 cm³/mol. The van der Waals surface area contributed by atoms with E-state index in [2.05, 4.69) is 51.2 Å². The summed E-state index contributed by atoms with van der Waals surface area (Å²) in [6.07, 6.45) is 0. The molecule has 1 aromatic carbocycles. The Balaban J connectivity index is 2.46. The van der Waals surface area contributed by atoms with Gasteiger partial charge in [-0.3, -0.25) is 0 Å². The molecule has 1 heteroatoms. The van der Waals surface area contributed by atoms with Crippen molar-refractivity contribution in [3.05, 3.63) is 34.9 Å². The van der Waals surface area contributed by atoms with Crippen molar-refractivity contribution in [3.63, 3.8) is 0 Å². The van der Waals surface area contributed by atoms with Crippen molar-refractivity contribution in [1.82, 2.24) is 5.32 Å². The first kappa shape index (κ1) is 10.7. The lowest BCUT2D eigenvalue weighted by Crippen LogP contribution is -2.34. The maximum atomic E-state index is 3.65. The highest BCUT2D eigenvalue weighted by atomic mass is 14.9. The topological polar surface area (TPSA) is 12.0 Å². The summed E-state index contributed by atoms with van der Waals surface area (Å²) in [5, 5.41) is 3.65. The van der Waals surface area contributed by atoms with Crippen LogP contribution in [0.3, 0.4) is 0 Å². The molecule has 0 spiro atoms. The van der Waals surface area contributed by atoms with Crippen molar-refractivity contribution >= 4 is 0 Å². The molecule has 0 radical (unpaired) electrons. The summed E-state index contributed by atoms with van der Waals surface area (Å²) in [4.78, 5) is 0. The van der Waals surface area contributed by atoms with Crippen LogP contribution in [0.15, 0.2) is 18.2 Å². The standard InChI is InChI=1S/C14H21N/c1-9(2)14-13-7-10(3)5-6-12(13)11(4)8-15-14/h5-7,9,11,14-15H,8H2,1-4H3. The average molecular weight is 203 g/mol. The minimum Gasteiger partial charge on any atom is -0.309 e. The van der Waals surface area contributed by atoms with Crippen LogP contribution in [-0.2, 0) is 0 Å². The van der Waals surface area contributed by atoms with Crippen LogP contribution < -0.4 is 5.32 Å². The van der Waals surface area contributed by atoms with E-state index >= 15 is 0 Å². The van der Waals surface area contributed by atoms with E-state index in [0.29, 0.717) is 17.9 Å². The normalized spacial score (nSPS) is 25.4. The molecular weight excluding hydrogens is 182 g/mol. The molecule has 0 bridgehead atoms. The summed E-state index contributed by atoms with van der Waals surface area (Å²) < 4.78 is 0. The van der Waals surface area contributed by atoms with E-state index in [4.69, 9.17) is 0 Å². The average Bonchev–Trinajstić information content (AvgIpc) is 2.17. The summed E-state index contributed by atoms with van der Waals surface area (Å²) in [6.45, 7) is 10.2. The van der Waals surface area contributed by atoms with E-state index in [1.165, 1.54) is 16.7 Å². The van der Waals surface area contributed by atoms with Crippen molar-refractivity contribution in [3.8, 4) is 0 Å². The van der Waals surface area contributed by atoms with E-state index < -0.39 is 0 Å². The second-order valence-electron chi connectivity index (χ2n) is 5.16. The molecule has 2 rings (SSSR count). The van der Waals surface area contributed by atoms with Crippen molar-refractivity contribution in [1.29, 1.82) is 0 Å². The molecule has 1 aliphatic rings. The highest BCUT2D eigenvalue weighted by molar-refractivity contribution is 5.38. The highest BCUT2D eigenvalue weighted by Gasteiger charge is 2.25. The summed E-state index contributed by atoms with van der Waals surface area (Å²) in [7, 11) is 0. The molecule has 1 heterocycles. The monoisotopic (exact) mass is 203 g/mol.